The van der Waals surface area contributed by atoms with Crippen molar-refractivity contribution >= 4 is 0 Å². The van der Waals surface area contributed by atoms with Crippen LogP contribution in [0, 0.1) is 0 Å². The zero-order valence-corrected chi connectivity index (χ0v) is 12.4. The van der Waals surface area contributed by atoms with E-state index in [9.17, 15) is 0 Å². The minimum absolute atomic E-state index is 0.194. The van der Waals surface area contributed by atoms with Gasteiger partial charge < -0.3 is 10.5 Å². The van der Waals surface area contributed by atoms with Crippen LogP contribution in [0.5, 0.6) is 11.5 Å². The van der Waals surface area contributed by atoms with E-state index in [4.69, 9.17) is 10.5 Å². The van der Waals surface area contributed by atoms with E-state index in [1.807, 2.05) is 18.2 Å². The molecule has 0 bridgehead atoms. The van der Waals surface area contributed by atoms with Gasteiger partial charge in [-0.1, -0.05) is 32.9 Å². The van der Waals surface area contributed by atoms with E-state index in [-0.39, 0.29) is 5.41 Å². The van der Waals surface area contributed by atoms with Crippen LogP contribution in [0.2, 0.25) is 0 Å². The van der Waals surface area contributed by atoms with Gasteiger partial charge in [0.1, 0.15) is 11.5 Å². The van der Waals surface area contributed by atoms with E-state index in [0.29, 0.717) is 6.54 Å². The highest BCUT2D eigenvalue weighted by Gasteiger charge is 2.17. The molecule has 0 aliphatic carbocycles. The minimum atomic E-state index is 0.194. The second kappa shape index (κ2) is 6.06. The van der Waals surface area contributed by atoms with Gasteiger partial charge >= 0.3 is 0 Å². The molecule has 0 spiro atoms. The van der Waals surface area contributed by atoms with Crippen molar-refractivity contribution in [3.05, 3.63) is 53.9 Å². The Kier molecular flexibility index (Phi) is 4.40. The summed E-state index contributed by atoms with van der Waals surface area (Å²) in [7, 11) is 0. The van der Waals surface area contributed by atoms with Gasteiger partial charge in [0.25, 0.3) is 0 Å². The number of ether oxygens (including phenoxy) is 1. The summed E-state index contributed by atoms with van der Waals surface area (Å²) in [5, 5.41) is 0. The molecule has 0 amide bonds. The topological polar surface area (TPSA) is 48.1 Å². The predicted molar refractivity (Wildman–Crippen MR) is 82.0 cm³/mol. The maximum absolute atomic E-state index is 5.80. The highest BCUT2D eigenvalue weighted by molar-refractivity contribution is 5.35. The molecule has 0 unspecified atom stereocenters. The third-order valence-corrected chi connectivity index (χ3v) is 3.76. The Labute approximate surface area is 120 Å². The lowest BCUT2D eigenvalue weighted by atomic mass is 9.82. The normalized spacial score (nSPS) is 11.4. The minimum Gasteiger partial charge on any atom is -0.456 e. The SMILES string of the molecule is CCC(C)(C)c1ccc(Oc2cncc(CN)c2)cc1. The number of hydrogen-bond donors (Lipinski definition) is 1. The average Bonchev–Trinajstić information content (AvgIpc) is 2.48. The number of nitrogens with two attached hydrogens (primary N) is 1. The molecule has 3 nitrogen and oxygen atoms in total. The van der Waals surface area contributed by atoms with E-state index in [1.54, 1.807) is 12.4 Å². The van der Waals surface area contributed by atoms with Gasteiger partial charge in [0.15, 0.2) is 0 Å². The maximum Gasteiger partial charge on any atom is 0.146 e. The molecule has 2 rings (SSSR count). The Morgan fingerprint density at radius 3 is 2.40 bits per heavy atom. The van der Waals surface area contributed by atoms with Crippen LogP contribution < -0.4 is 10.5 Å². The number of hydrogen-bond acceptors (Lipinski definition) is 3. The summed E-state index contributed by atoms with van der Waals surface area (Å²) in [6, 6.07) is 10.2. The molecule has 0 atom stereocenters. The molecular formula is C17H22N2O. The fourth-order valence-electron chi connectivity index (χ4n) is 1.95. The first-order chi connectivity index (χ1) is 9.55. The van der Waals surface area contributed by atoms with Crippen molar-refractivity contribution < 1.29 is 4.74 Å². The van der Waals surface area contributed by atoms with E-state index < -0.39 is 0 Å². The second-order valence-corrected chi connectivity index (χ2v) is 5.60. The molecule has 0 aliphatic rings. The lowest BCUT2D eigenvalue weighted by molar-refractivity contribution is 0.475. The zero-order valence-electron chi connectivity index (χ0n) is 12.4. The summed E-state index contributed by atoms with van der Waals surface area (Å²) in [5.41, 5.74) is 8.08. The highest BCUT2D eigenvalue weighted by atomic mass is 16.5. The molecule has 2 N–H and O–H groups in total. The van der Waals surface area contributed by atoms with Crippen molar-refractivity contribution in [1.29, 1.82) is 0 Å². The van der Waals surface area contributed by atoms with Crippen LogP contribution in [0.15, 0.2) is 42.7 Å². The van der Waals surface area contributed by atoms with Gasteiger partial charge in [-0.05, 0) is 41.2 Å². The van der Waals surface area contributed by atoms with Crippen molar-refractivity contribution in [3.63, 3.8) is 0 Å². The molecule has 0 saturated heterocycles. The van der Waals surface area contributed by atoms with Crippen molar-refractivity contribution in [2.45, 2.75) is 39.2 Å². The molecule has 20 heavy (non-hydrogen) atoms. The summed E-state index contributed by atoms with van der Waals surface area (Å²) in [6.07, 6.45) is 4.55. The van der Waals surface area contributed by atoms with Crippen LogP contribution in [0.1, 0.15) is 38.3 Å². The summed E-state index contributed by atoms with van der Waals surface area (Å²) in [4.78, 5) is 4.12. The largest absolute Gasteiger partial charge is 0.456 e. The lowest BCUT2D eigenvalue weighted by Gasteiger charge is -2.23. The van der Waals surface area contributed by atoms with Crippen LogP contribution in [-0.4, -0.2) is 4.98 Å². The molecule has 0 aliphatic heterocycles. The number of aromatic nitrogens is 1. The Balaban J connectivity index is 2.14. The zero-order chi connectivity index (χ0) is 14.6. The smallest absolute Gasteiger partial charge is 0.146 e. The molecule has 0 radical (unpaired) electrons. The number of benzene rings is 1. The first-order valence-electron chi connectivity index (χ1n) is 6.97. The number of rotatable bonds is 5. The Morgan fingerprint density at radius 1 is 1.10 bits per heavy atom. The quantitative estimate of drug-likeness (QED) is 0.892. The van der Waals surface area contributed by atoms with Crippen LogP contribution in [0.25, 0.3) is 0 Å². The summed E-state index contributed by atoms with van der Waals surface area (Å²) in [5.74, 6) is 1.53. The van der Waals surface area contributed by atoms with Crippen molar-refractivity contribution in [2.75, 3.05) is 0 Å². The molecule has 3 heteroatoms. The Morgan fingerprint density at radius 2 is 1.80 bits per heavy atom. The molecule has 1 aromatic heterocycles. The second-order valence-electron chi connectivity index (χ2n) is 5.60. The molecule has 106 valence electrons. The molecule has 0 saturated carbocycles. The first-order valence-corrected chi connectivity index (χ1v) is 6.97. The van der Waals surface area contributed by atoms with Crippen molar-refractivity contribution in [2.24, 2.45) is 5.73 Å². The standard InChI is InChI=1S/C17H22N2O/c1-4-17(2,3)14-5-7-15(8-6-14)20-16-9-13(10-18)11-19-12-16/h5-9,11-12H,4,10,18H2,1-3H3. The maximum atomic E-state index is 5.80. The predicted octanol–water partition coefficient (Wildman–Crippen LogP) is 4.02. The van der Waals surface area contributed by atoms with E-state index in [1.165, 1.54) is 5.56 Å². The monoisotopic (exact) mass is 270 g/mol. The molecule has 0 fully saturated rings. The van der Waals surface area contributed by atoms with E-state index in [2.05, 4.69) is 37.9 Å². The van der Waals surface area contributed by atoms with Crippen LogP contribution in [0.4, 0.5) is 0 Å². The van der Waals surface area contributed by atoms with Crippen molar-refractivity contribution in [3.8, 4) is 11.5 Å². The van der Waals surface area contributed by atoms with Gasteiger partial charge in [-0.15, -0.1) is 0 Å². The van der Waals surface area contributed by atoms with Gasteiger partial charge in [-0.3, -0.25) is 4.98 Å². The van der Waals surface area contributed by atoms with Crippen molar-refractivity contribution in [1.82, 2.24) is 4.98 Å². The lowest BCUT2D eigenvalue weighted by Crippen LogP contribution is -2.14. The summed E-state index contributed by atoms with van der Waals surface area (Å²) in [6.45, 7) is 7.16. The third-order valence-electron chi connectivity index (χ3n) is 3.76. The van der Waals surface area contributed by atoms with Gasteiger partial charge in [0.2, 0.25) is 0 Å². The molecular weight excluding hydrogens is 248 g/mol. The molecule has 1 heterocycles. The summed E-state index contributed by atoms with van der Waals surface area (Å²) >= 11 is 0. The Bertz CT molecular complexity index is 561. The Hall–Kier alpha value is -1.87. The van der Waals surface area contributed by atoms with Crippen LogP contribution in [-0.2, 0) is 12.0 Å². The van der Waals surface area contributed by atoms with Gasteiger partial charge in [0.05, 0.1) is 6.20 Å². The average molecular weight is 270 g/mol. The van der Waals surface area contributed by atoms with Gasteiger partial charge in [-0.25, -0.2) is 0 Å². The van der Waals surface area contributed by atoms with Gasteiger partial charge in [0, 0.05) is 12.7 Å². The fourth-order valence-corrected chi connectivity index (χ4v) is 1.95. The summed E-state index contributed by atoms with van der Waals surface area (Å²) < 4.78 is 5.80. The van der Waals surface area contributed by atoms with Crippen LogP contribution >= 0.6 is 0 Å². The van der Waals surface area contributed by atoms with Crippen LogP contribution in [0.3, 0.4) is 0 Å². The highest BCUT2D eigenvalue weighted by Crippen LogP contribution is 2.29. The third kappa shape index (κ3) is 3.36. The van der Waals surface area contributed by atoms with Gasteiger partial charge in [-0.2, -0.15) is 0 Å². The van der Waals surface area contributed by atoms with E-state index in [0.717, 1.165) is 23.5 Å². The number of pyridine rings is 1. The first kappa shape index (κ1) is 14.5. The molecule has 2 aromatic rings. The number of nitrogens with zero attached hydrogens (tertiary/aromatic N) is 1. The fraction of sp³-hybridized carbons (Fsp3) is 0.353. The molecule has 1 aromatic carbocycles. The van der Waals surface area contributed by atoms with E-state index >= 15 is 0 Å².